The fourth-order valence-corrected chi connectivity index (χ4v) is 0.583. The number of hydrogen-bond donors (Lipinski definition) is 4. The van der Waals surface area contributed by atoms with Gasteiger partial charge in [-0.05, 0) is 0 Å². The molecule has 7 heteroatoms. The van der Waals surface area contributed by atoms with Crippen LogP contribution in [0.25, 0.3) is 0 Å². The molecule has 0 saturated heterocycles. The highest BCUT2D eigenvalue weighted by Gasteiger charge is 2.05. The van der Waals surface area contributed by atoms with E-state index in [9.17, 15) is 4.79 Å². The summed E-state index contributed by atoms with van der Waals surface area (Å²) in [5, 5.41) is 19.1. The van der Waals surface area contributed by atoms with Gasteiger partial charge in [0.15, 0.2) is 11.9 Å². The zero-order valence-corrected chi connectivity index (χ0v) is 5.83. The first-order valence-electron chi connectivity index (χ1n) is 2.89. The Morgan fingerprint density at radius 3 is 2.92 bits per heavy atom. The molecule has 1 aromatic rings. The summed E-state index contributed by atoms with van der Waals surface area (Å²) >= 11 is 0. The topological polar surface area (TPSA) is 128 Å². The SMILES string of the molecule is N#CNc1nc(O)c(N)c(=O)[nH]1. The lowest BCUT2D eigenvalue weighted by Gasteiger charge is -1.98. The lowest BCUT2D eigenvalue weighted by Crippen LogP contribution is -2.14. The van der Waals surface area contributed by atoms with E-state index in [0.717, 1.165) is 0 Å². The maximum Gasteiger partial charge on any atom is 0.279 e. The molecule has 0 atom stereocenters. The average Bonchev–Trinajstić information content (AvgIpc) is 2.01. The van der Waals surface area contributed by atoms with Crippen LogP contribution in [-0.4, -0.2) is 15.1 Å². The van der Waals surface area contributed by atoms with E-state index in [1.54, 1.807) is 0 Å². The smallest absolute Gasteiger partial charge is 0.279 e. The molecule has 1 rings (SSSR count). The molecule has 1 heterocycles. The molecule has 62 valence electrons. The van der Waals surface area contributed by atoms with Crippen LogP contribution in [-0.2, 0) is 0 Å². The van der Waals surface area contributed by atoms with E-state index in [4.69, 9.17) is 16.1 Å². The molecule has 1 aromatic heterocycles. The van der Waals surface area contributed by atoms with Gasteiger partial charge in [-0.15, -0.1) is 0 Å². The lowest BCUT2D eigenvalue weighted by molar-refractivity contribution is 0.455. The number of nitrogen functional groups attached to an aromatic ring is 1. The van der Waals surface area contributed by atoms with Crippen LogP contribution in [0.3, 0.4) is 0 Å². The Balaban J connectivity index is 3.24. The number of hydrogen-bond acceptors (Lipinski definition) is 6. The minimum absolute atomic E-state index is 0.144. The van der Waals surface area contributed by atoms with Crippen molar-refractivity contribution in [1.29, 1.82) is 5.26 Å². The van der Waals surface area contributed by atoms with Crippen LogP contribution in [0.5, 0.6) is 5.88 Å². The van der Waals surface area contributed by atoms with Crippen molar-refractivity contribution in [3.63, 3.8) is 0 Å². The molecule has 0 spiro atoms. The average molecular weight is 167 g/mol. The second kappa shape index (κ2) is 2.79. The van der Waals surface area contributed by atoms with Crippen LogP contribution >= 0.6 is 0 Å². The number of nitrogens with zero attached hydrogens (tertiary/aromatic N) is 2. The number of nitrogens with one attached hydrogen (secondary N) is 2. The Hall–Kier alpha value is -2.23. The number of nitriles is 1. The van der Waals surface area contributed by atoms with Gasteiger partial charge in [0.25, 0.3) is 5.56 Å². The third-order valence-corrected chi connectivity index (χ3v) is 1.11. The minimum Gasteiger partial charge on any atom is -0.492 e. The van der Waals surface area contributed by atoms with Crippen LogP contribution in [0.2, 0.25) is 0 Å². The number of aromatic amines is 1. The molecule has 12 heavy (non-hydrogen) atoms. The van der Waals surface area contributed by atoms with E-state index in [1.807, 2.05) is 5.32 Å². The number of anilines is 2. The molecule has 5 N–H and O–H groups in total. The van der Waals surface area contributed by atoms with Crippen LogP contribution < -0.4 is 16.6 Å². The Kier molecular flexibility index (Phi) is 1.83. The summed E-state index contributed by atoms with van der Waals surface area (Å²) in [6.45, 7) is 0. The number of H-pyrrole nitrogens is 1. The Morgan fingerprint density at radius 2 is 2.42 bits per heavy atom. The summed E-state index contributed by atoms with van der Waals surface area (Å²) in [6.07, 6.45) is 1.52. The van der Waals surface area contributed by atoms with Gasteiger partial charge in [-0.2, -0.15) is 10.2 Å². The van der Waals surface area contributed by atoms with E-state index in [2.05, 4.69) is 9.97 Å². The third-order valence-electron chi connectivity index (χ3n) is 1.11. The molecule has 7 nitrogen and oxygen atoms in total. The summed E-state index contributed by atoms with van der Waals surface area (Å²) < 4.78 is 0. The molecule has 0 amide bonds. The minimum atomic E-state index is -0.694. The number of aromatic hydroxyl groups is 1. The molecular formula is C5H5N5O2. The molecule has 0 aliphatic heterocycles. The molecule has 0 aliphatic rings. The maximum absolute atomic E-state index is 10.8. The van der Waals surface area contributed by atoms with Crippen molar-refractivity contribution >= 4 is 11.6 Å². The monoisotopic (exact) mass is 167 g/mol. The fourth-order valence-electron chi connectivity index (χ4n) is 0.583. The summed E-state index contributed by atoms with van der Waals surface area (Å²) in [7, 11) is 0. The van der Waals surface area contributed by atoms with Crippen molar-refractivity contribution in [1.82, 2.24) is 9.97 Å². The first-order chi connectivity index (χ1) is 5.65. The molecule has 0 radical (unpaired) electrons. The number of aromatic nitrogens is 2. The van der Waals surface area contributed by atoms with Gasteiger partial charge < -0.3 is 10.8 Å². The first kappa shape index (κ1) is 7.87. The molecule has 0 bridgehead atoms. The second-order valence-corrected chi connectivity index (χ2v) is 1.89. The van der Waals surface area contributed by atoms with Crippen LogP contribution in [0, 0.1) is 11.5 Å². The zero-order chi connectivity index (χ0) is 9.14. The van der Waals surface area contributed by atoms with E-state index < -0.39 is 11.4 Å². The highest BCUT2D eigenvalue weighted by atomic mass is 16.3. The van der Waals surface area contributed by atoms with E-state index >= 15 is 0 Å². The van der Waals surface area contributed by atoms with Crippen molar-refractivity contribution in [2.45, 2.75) is 0 Å². The van der Waals surface area contributed by atoms with Crippen LogP contribution in [0.1, 0.15) is 0 Å². The molecule has 0 aliphatic carbocycles. The Bertz CT molecular complexity index is 390. The maximum atomic E-state index is 10.8. The Labute approximate surface area is 66.5 Å². The van der Waals surface area contributed by atoms with Gasteiger partial charge in [0.05, 0.1) is 0 Å². The van der Waals surface area contributed by atoms with Gasteiger partial charge in [-0.3, -0.25) is 15.1 Å². The van der Waals surface area contributed by atoms with E-state index in [-0.39, 0.29) is 11.6 Å². The van der Waals surface area contributed by atoms with Crippen molar-refractivity contribution in [2.75, 3.05) is 11.1 Å². The Morgan fingerprint density at radius 1 is 1.75 bits per heavy atom. The molecule has 0 saturated carbocycles. The van der Waals surface area contributed by atoms with Crippen molar-refractivity contribution < 1.29 is 5.11 Å². The van der Waals surface area contributed by atoms with Crippen LogP contribution in [0.15, 0.2) is 4.79 Å². The molecule has 0 fully saturated rings. The molecule has 0 unspecified atom stereocenters. The van der Waals surface area contributed by atoms with E-state index in [0.29, 0.717) is 0 Å². The lowest BCUT2D eigenvalue weighted by atomic mass is 10.5. The number of nitrogens with two attached hydrogens (primary N) is 1. The quantitative estimate of drug-likeness (QED) is 0.312. The van der Waals surface area contributed by atoms with Gasteiger partial charge in [-0.25, -0.2) is 0 Å². The predicted molar refractivity (Wildman–Crippen MR) is 40.2 cm³/mol. The largest absolute Gasteiger partial charge is 0.492 e. The highest BCUT2D eigenvalue weighted by Crippen LogP contribution is 2.10. The predicted octanol–water partition coefficient (Wildman–Crippen LogP) is -1.05. The van der Waals surface area contributed by atoms with Crippen molar-refractivity contribution in [2.24, 2.45) is 0 Å². The van der Waals surface area contributed by atoms with Gasteiger partial charge in [0, 0.05) is 0 Å². The van der Waals surface area contributed by atoms with Gasteiger partial charge in [0.1, 0.15) is 0 Å². The summed E-state index contributed by atoms with van der Waals surface area (Å²) in [6, 6.07) is 0. The highest BCUT2D eigenvalue weighted by molar-refractivity contribution is 5.48. The second-order valence-electron chi connectivity index (χ2n) is 1.89. The molecular weight excluding hydrogens is 162 g/mol. The van der Waals surface area contributed by atoms with Crippen molar-refractivity contribution in [3.8, 4) is 12.1 Å². The first-order valence-corrected chi connectivity index (χ1v) is 2.89. The normalized spacial score (nSPS) is 8.92. The van der Waals surface area contributed by atoms with Crippen LogP contribution in [0.4, 0.5) is 11.6 Å². The molecule has 0 aromatic carbocycles. The summed E-state index contributed by atoms with van der Waals surface area (Å²) in [4.78, 5) is 16.3. The third kappa shape index (κ3) is 1.27. The van der Waals surface area contributed by atoms with Gasteiger partial charge in [0.2, 0.25) is 11.8 Å². The van der Waals surface area contributed by atoms with Crippen molar-refractivity contribution in [3.05, 3.63) is 10.4 Å². The van der Waals surface area contributed by atoms with Gasteiger partial charge >= 0.3 is 0 Å². The summed E-state index contributed by atoms with van der Waals surface area (Å²) in [5.74, 6) is -0.745. The van der Waals surface area contributed by atoms with Gasteiger partial charge in [-0.1, -0.05) is 0 Å². The number of rotatable bonds is 1. The standard InChI is InChI=1S/C5H5N5O2/c6-1-8-5-9-3(11)2(7)4(12)10-5/h7H2,(H3,8,9,10,11,12). The zero-order valence-electron chi connectivity index (χ0n) is 5.83. The summed E-state index contributed by atoms with van der Waals surface area (Å²) in [5.41, 5.74) is 4.01. The fraction of sp³-hybridized carbons (Fsp3) is 0. The van der Waals surface area contributed by atoms with E-state index in [1.165, 1.54) is 6.19 Å².